The first-order chi connectivity index (χ1) is 8.93. The van der Waals surface area contributed by atoms with Gasteiger partial charge in [0.2, 0.25) is 10.0 Å². The normalized spacial score (nSPS) is 13.7. The van der Waals surface area contributed by atoms with E-state index in [0.29, 0.717) is 5.02 Å². The number of aromatic nitrogens is 2. The molecule has 0 spiro atoms. The molecule has 0 aliphatic carbocycles. The Morgan fingerprint density at radius 1 is 1.42 bits per heavy atom. The molecule has 2 rings (SSSR count). The molecule has 102 valence electrons. The summed E-state index contributed by atoms with van der Waals surface area (Å²) in [5, 5.41) is 6.75. The third kappa shape index (κ3) is 2.80. The fourth-order valence-corrected chi connectivity index (χ4v) is 3.19. The predicted octanol–water partition coefficient (Wildman–Crippen LogP) is 2.44. The van der Waals surface area contributed by atoms with Crippen molar-refractivity contribution in [3.63, 3.8) is 0 Å². The number of halogens is 1. The van der Waals surface area contributed by atoms with Gasteiger partial charge in [-0.3, -0.25) is 5.10 Å². The van der Waals surface area contributed by atoms with E-state index in [0.717, 1.165) is 5.56 Å². The Hall–Kier alpha value is -1.37. The maximum absolute atomic E-state index is 12.3. The maximum atomic E-state index is 12.3. The van der Waals surface area contributed by atoms with Gasteiger partial charge in [0.1, 0.15) is 4.90 Å². The lowest BCUT2D eigenvalue weighted by Gasteiger charge is -2.24. The molecule has 1 N–H and O–H groups in total. The standard InChI is InChI=1S/C12H14ClN3O2S/c1-9(10-4-3-5-11(13)6-10)16(2)19(17,18)12-7-14-15-8-12/h3-9H,1-2H3,(H,14,15). The zero-order chi connectivity index (χ0) is 14.0. The highest BCUT2D eigenvalue weighted by Gasteiger charge is 2.27. The van der Waals surface area contributed by atoms with Gasteiger partial charge in [-0.15, -0.1) is 0 Å². The fraction of sp³-hybridized carbons (Fsp3) is 0.250. The van der Waals surface area contributed by atoms with Gasteiger partial charge >= 0.3 is 0 Å². The molecule has 0 fully saturated rings. The van der Waals surface area contributed by atoms with Gasteiger partial charge < -0.3 is 0 Å². The maximum Gasteiger partial charge on any atom is 0.246 e. The molecule has 1 heterocycles. The van der Waals surface area contributed by atoms with E-state index >= 15 is 0 Å². The van der Waals surface area contributed by atoms with Crippen LogP contribution in [0.1, 0.15) is 18.5 Å². The zero-order valence-electron chi connectivity index (χ0n) is 10.5. The van der Waals surface area contributed by atoms with Crippen molar-refractivity contribution in [2.45, 2.75) is 17.9 Å². The van der Waals surface area contributed by atoms with Crippen LogP contribution in [0.2, 0.25) is 5.02 Å². The van der Waals surface area contributed by atoms with Crippen LogP contribution in [0.3, 0.4) is 0 Å². The van der Waals surface area contributed by atoms with E-state index in [1.807, 2.05) is 13.0 Å². The van der Waals surface area contributed by atoms with Crippen LogP contribution in [0.4, 0.5) is 0 Å². The lowest BCUT2D eigenvalue weighted by molar-refractivity contribution is 0.398. The molecule has 5 nitrogen and oxygen atoms in total. The van der Waals surface area contributed by atoms with Crippen molar-refractivity contribution in [2.24, 2.45) is 0 Å². The summed E-state index contributed by atoms with van der Waals surface area (Å²) in [7, 11) is -2.02. The van der Waals surface area contributed by atoms with Gasteiger partial charge in [-0.25, -0.2) is 8.42 Å². The first-order valence-electron chi connectivity index (χ1n) is 5.65. The van der Waals surface area contributed by atoms with Crippen molar-refractivity contribution in [1.29, 1.82) is 0 Å². The van der Waals surface area contributed by atoms with Crippen LogP contribution in [0.5, 0.6) is 0 Å². The lowest BCUT2D eigenvalue weighted by Crippen LogP contribution is -2.29. The topological polar surface area (TPSA) is 66.1 Å². The summed E-state index contributed by atoms with van der Waals surface area (Å²) in [6, 6.07) is 6.83. The molecule has 1 aromatic heterocycles. The summed E-state index contributed by atoms with van der Waals surface area (Å²) in [4.78, 5) is 0.142. The average Bonchev–Trinajstić information content (AvgIpc) is 2.91. The summed E-state index contributed by atoms with van der Waals surface area (Å²) in [5.74, 6) is 0. The van der Waals surface area contributed by atoms with Crippen molar-refractivity contribution in [2.75, 3.05) is 7.05 Å². The first kappa shape index (κ1) is 14.0. The summed E-state index contributed by atoms with van der Waals surface area (Å²) < 4.78 is 25.9. The number of benzene rings is 1. The van der Waals surface area contributed by atoms with Crippen LogP contribution in [-0.4, -0.2) is 30.0 Å². The molecule has 0 radical (unpaired) electrons. The summed E-state index contributed by atoms with van der Waals surface area (Å²) in [6.07, 6.45) is 2.65. The number of aromatic amines is 1. The van der Waals surface area contributed by atoms with E-state index in [4.69, 9.17) is 11.6 Å². The molecular weight excluding hydrogens is 286 g/mol. The molecule has 0 amide bonds. The molecule has 19 heavy (non-hydrogen) atoms. The number of nitrogens with zero attached hydrogens (tertiary/aromatic N) is 2. The van der Waals surface area contributed by atoms with Gasteiger partial charge in [-0.05, 0) is 24.6 Å². The Bertz CT molecular complexity index is 655. The molecule has 0 saturated carbocycles. The zero-order valence-corrected chi connectivity index (χ0v) is 12.1. The van der Waals surface area contributed by atoms with Crippen LogP contribution < -0.4 is 0 Å². The van der Waals surface area contributed by atoms with Crippen molar-refractivity contribution in [1.82, 2.24) is 14.5 Å². The molecule has 0 bridgehead atoms. The molecule has 1 atom stereocenters. The van der Waals surface area contributed by atoms with Gasteiger partial charge in [-0.2, -0.15) is 9.40 Å². The Morgan fingerprint density at radius 2 is 2.16 bits per heavy atom. The SMILES string of the molecule is CC(c1cccc(Cl)c1)N(C)S(=O)(=O)c1cn[nH]c1. The molecule has 0 saturated heterocycles. The summed E-state index contributed by atoms with van der Waals surface area (Å²) >= 11 is 5.92. The van der Waals surface area contributed by atoms with E-state index in [-0.39, 0.29) is 10.9 Å². The third-order valence-corrected chi connectivity index (χ3v) is 5.16. The summed E-state index contributed by atoms with van der Waals surface area (Å²) in [5.41, 5.74) is 0.835. The number of H-pyrrole nitrogens is 1. The second-order valence-corrected chi connectivity index (χ2v) is 6.62. The van der Waals surface area contributed by atoms with E-state index in [1.54, 1.807) is 18.2 Å². The molecule has 0 aliphatic rings. The van der Waals surface area contributed by atoms with Gasteiger partial charge in [0, 0.05) is 24.3 Å². The Balaban J connectivity index is 2.32. The highest BCUT2D eigenvalue weighted by Crippen LogP contribution is 2.26. The third-order valence-electron chi connectivity index (χ3n) is 3.03. The molecule has 7 heteroatoms. The Labute approximate surface area is 117 Å². The van der Waals surface area contributed by atoms with Gasteiger partial charge in [0.25, 0.3) is 0 Å². The average molecular weight is 300 g/mol. The van der Waals surface area contributed by atoms with Crippen molar-refractivity contribution in [3.8, 4) is 0 Å². The molecule has 1 unspecified atom stereocenters. The second-order valence-electron chi connectivity index (χ2n) is 4.19. The van der Waals surface area contributed by atoms with Crippen LogP contribution in [-0.2, 0) is 10.0 Å². The second kappa shape index (κ2) is 5.32. The minimum atomic E-state index is -3.56. The highest BCUT2D eigenvalue weighted by molar-refractivity contribution is 7.89. The molecule has 2 aromatic rings. The predicted molar refractivity (Wildman–Crippen MR) is 73.4 cm³/mol. The van der Waals surface area contributed by atoms with Gasteiger partial charge in [0.15, 0.2) is 0 Å². The smallest absolute Gasteiger partial charge is 0.246 e. The van der Waals surface area contributed by atoms with Gasteiger partial charge in [-0.1, -0.05) is 23.7 Å². The number of rotatable bonds is 4. The van der Waals surface area contributed by atoms with E-state index in [2.05, 4.69) is 10.2 Å². The Morgan fingerprint density at radius 3 is 2.74 bits per heavy atom. The largest absolute Gasteiger partial charge is 0.284 e. The van der Waals surface area contributed by atoms with Crippen molar-refractivity contribution < 1.29 is 8.42 Å². The van der Waals surface area contributed by atoms with E-state index < -0.39 is 10.0 Å². The van der Waals surface area contributed by atoms with Crippen molar-refractivity contribution >= 4 is 21.6 Å². The number of sulfonamides is 1. The van der Waals surface area contributed by atoms with Crippen LogP contribution in [0.15, 0.2) is 41.6 Å². The monoisotopic (exact) mass is 299 g/mol. The molecule has 1 aromatic carbocycles. The van der Waals surface area contributed by atoms with E-state index in [1.165, 1.54) is 23.7 Å². The number of hydrogen-bond donors (Lipinski definition) is 1. The van der Waals surface area contributed by atoms with Crippen LogP contribution in [0.25, 0.3) is 0 Å². The lowest BCUT2D eigenvalue weighted by atomic mass is 10.1. The quantitative estimate of drug-likeness (QED) is 0.943. The minimum absolute atomic E-state index is 0.142. The van der Waals surface area contributed by atoms with Gasteiger partial charge in [0.05, 0.1) is 6.20 Å². The molecular formula is C12H14ClN3O2S. The van der Waals surface area contributed by atoms with Crippen molar-refractivity contribution in [3.05, 3.63) is 47.2 Å². The summed E-state index contributed by atoms with van der Waals surface area (Å²) in [6.45, 7) is 1.81. The van der Waals surface area contributed by atoms with E-state index in [9.17, 15) is 8.42 Å². The number of nitrogens with one attached hydrogen (secondary N) is 1. The first-order valence-corrected chi connectivity index (χ1v) is 7.47. The Kier molecular flexibility index (Phi) is 3.93. The highest BCUT2D eigenvalue weighted by atomic mass is 35.5. The van der Waals surface area contributed by atoms with Crippen LogP contribution >= 0.6 is 11.6 Å². The minimum Gasteiger partial charge on any atom is -0.284 e. The molecule has 0 aliphatic heterocycles. The number of hydrogen-bond acceptors (Lipinski definition) is 3. The fourth-order valence-electron chi connectivity index (χ4n) is 1.73. The van der Waals surface area contributed by atoms with Crippen LogP contribution in [0, 0.1) is 0 Å².